The van der Waals surface area contributed by atoms with Gasteiger partial charge in [-0.1, -0.05) is 30.3 Å². The third-order valence-electron chi connectivity index (χ3n) is 6.04. The van der Waals surface area contributed by atoms with Crippen LogP contribution in [0.1, 0.15) is 35.2 Å². The zero-order valence-electron chi connectivity index (χ0n) is 17.4. The Bertz CT molecular complexity index is 892. The van der Waals surface area contributed by atoms with Crippen LogP contribution in [0.3, 0.4) is 0 Å². The van der Waals surface area contributed by atoms with Crippen molar-refractivity contribution >= 4 is 5.91 Å². The molecule has 0 saturated carbocycles. The van der Waals surface area contributed by atoms with Crippen LogP contribution < -0.4 is 0 Å². The molecule has 1 atom stereocenters. The van der Waals surface area contributed by atoms with Crippen LogP contribution in [0.4, 0.5) is 13.2 Å². The molecule has 7 heteroatoms. The third kappa shape index (κ3) is 5.28. The normalized spacial score (nSPS) is 20.6. The van der Waals surface area contributed by atoms with Gasteiger partial charge in [0.15, 0.2) is 0 Å². The summed E-state index contributed by atoms with van der Waals surface area (Å²) in [7, 11) is 0. The maximum atomic E-state index is 13.3. The van der Waals surface area contributed by atoms with E-state index in [1.54, 1.807) is 24.3 Å². The summed E-state index contributed by atoms with van der Waals surface area (Å²) in [6, 6.07) is 12.1. The molecule has 2 aliphatic heterocycles. The number of halogens is 3. The van der Waals surface area contributed by atoms with Crippen molar-refractivity contribution in [3.63, 3.8) is 0 Å². The molecule has 0 aromatic heterocycles. The van der Waals surface area contributed by atoms with Crippen LogP contribution in [0.15, 0.2) is 48.5 Å². The Morgan fingerprint density at radius 2 is 1.74 bits per heavy atom. The second-order valence-corrected chi connectivity index (χ2v) is 8.20. The maximum absolute atomic E-state index is 13.3. The second-order valence-electron chi connectivity index (χ2n) is 8.20. The number of rotatable bonds is 4. The quantitative estimate of drug-likeness (QED) is 0.702. The summed E-state index contributed by atoms with van der Waals surface area (Å²) in [5, 5.41) is 0. The summed E-state index contributed by atoms with van der Waals surface area (Å²) in [6.07, 6.45) is -0.984. The molecule has 2 saturated heterocycles. The minimum atomic E-state index is -4.38. The van der Waals surface area contributed by atoms with Gasteiger partial charge in [-0.25, -0.2) is 0 Å². The molecule has 4 nitrogen and oxygen atoms in total. The molecule has 0 N–H and O–H groups in total. The van der Waals surface area contributed by atoms with Gasteiger partial charge in [-0.05, 0) is 55.1 Å². The SMILES string of the molecule is O=C(c1ccccc1-c1ccc(C(F)(F)F)cc1)N1CCCN(C[C@H]2CCCO2)CC1. The van der Waals surface area contributed by atoms with E-state index in [0.29, 0.717) is 35.9 Å². The molecule has 0 spiro atoms. The lowest BCUT2D eigenvalue weighted by atomic mass is 9.97. The summed E-state index contributed by atoms with van der Waals surface area (Å²) in [5.74, 6) is -0.0746. The number of hydrogen-bond acceptors (Lipinski definition) is 3. The number of carbonyl (C=O) groups excluding carboxylic acids is 1. The molecule has 31 heavy (non-hydrogen) atoms. The first kappa shape index (κ1) is 21.8. The molecule has 2 aliphatic rings. The topological polar surface area (TPSA) is 32.8 Å². The van der Waals surface area contributed by atoms with Gasteiger partial charge in [0.2, 0.25) is 0 Å². The van der Waals surface area contributed by atoms with Crippen LogP contribution in [0, 0.1) is 0 Å². The van der Waals surface area contributed by atoms with Gasteiger partial charge in [-0.15, -0.1) is 0 Å². The second kappa shape index (κ2) is 9.40. The number of ether oxygens (including phenoxy) is 1. The predicted molar refractivity (Wildman–Crippen MR) is 113 cm³/mol. The standard InChI is InChI=1S/C24H27F3N2O2/c25-24(26,27)19-10-8-18(9-11-19)21-6-1-2-7-22(21)23(30)29-13-4-12-28(14-15-29)17-20-5-3-16-31-20/h1-2,6-11,20H,3-5,12-17H2/t20-/m1/s1. The third-order valence-corrected chi connectivity index (χ3v) is 6.04. The molecule has 2 heterocycles. The maximum Gasteiger partial charge on any atom is 0.416 e. The highest BCUT2D eigenvalue weighted by molar-refractivity contribution is 6.00. The molecular formula is C24H27F3N2O2. The van der Waals surface area contributed by atoms with Gasteiger partial charge in [-0.3, -0.25) is 9.69 Å². The summed E-state index contributed by atoms with van der Waals surface area (Å²) in [6.45, 7) is 4.78. The first-order chi connectivity index (χ1) is 14.9. The summed E-state index contributed by atoms with van der Waals surface area (Å²) < 4.78 is 44.4. The first-order valence-electron chi connectivity index (χ1n) is 10.8. The smallest absolute Gasteiger partial charge is 0.377 e. The summed E-state index contributed by atoms with van der Waals surface area (Å²) in [4.78, 5) is 17.6. The largest absolute Gasteiger partial charge is 0.416 e. The van der Waals surface area contributed by atoms with E-state index in [2.05, 4.69) is 4.90 Å². The number of hydrogen-bond donors (Lipinski definition) is 0. The van der Waals surface area contributed by atoms with Crippen LogP contribution in [0.5, 0.6) is 0 Å². The van der Waals surface area contributed by atoms with Crippen molar-refractivity contribution in [2.45, 2.75) is 31.5 Å². The molecule has 2 fully saturated rings. The average Bonchev–Trinajstić information content (AvgIpc) is 3.17. The van der Waals surface area contributed by atoms with Crippen LogP contribution >= 0.6 is 0 Å². The fourth-order valence-electron chi connectivity index (χ4n) is 4.36. The Morgan fingerprint density at radius 3 is 2.45 bits per heavy atom. The van der Waals surface area contributed by atoms with Crippen molar-refractivity contribution in [2.75, 3.05) is 39.3 Å². The molecule has 0 bridgehead atoms. The van der Waals surface area contributed by atoms with Crippen molar-refractivity contribution < 1.29 is 22.7 Å². The number of benzene rings is 2. The van der Waals surface area contributed by atoms with E-state index in [-0.39, 0.29) is 5.91 Å². The fourth-order valence-corrected chi connectivity index (χ4v) is 4.36. The molecule has 0 unspecified atom stereocenters. The van der Waals surface area contributed by atoms with E-state index in [1.165, 1.54) is 12.1 Å². The van der Waals surface area contributed by atoms with Gasteiger partial charge < -0.3 is 9.64 Å². The molecule has 4 rings (SSSR count). The molecular weight excluding hydrogens is 405 g/mol. The summed E-state index contributed by atoms with van der Waals surface area (Å²) in [5.41, 5.74) is 1.09. The number of nitrogens with zero attached hydrogens (tertiary/aromatic N) is 2. The Hall–Kier alpha value is -2.38. The van der Waals surface area contributed by atoms with Crippen LogP contribution in [-0.4, -0.2) is 61.1 Å². The van der Waals surface area contributed by atoms with Crippen molar-refractivity contribution in [3.05, 3.63) is 59.7 Å². The Labute approximate surface area is 180 Å². The van der Waals surface area contributed by atoms with Crippen molar-refractivity contribution in [1.29, 1.82) is 0 Å². The lowest BCUT2D eigenvalue weighted by Gasteiger charge is -2.24. The van der Waals surface area contributed by atoms with Gasteiger partial charge in [0.25, 0.3) is 5.91 Å². The van der Waals surface area contributed by atoms with Gasteiger partial charge in [0, 0.05) is 38.3 Å². The zero-order chi connectivity index (χ0) is 21.8. The zero-order valence-corrected chi connectivity index (χ0v) is 17.4. The number of amides is 1. The molecule has 2 aromatic rings. The molecule has 0 radical (unpaired) electrons. The Kier molecular flexibility index (Phi) is 6.62. The van der Waals surface area contributed by atoms with Gasteiger partial charge in [0.1, 0.15) is 0 Å². The average molecular weight is 432 g/mol. The van der Waals surface area contributed by atoms with Gasteiger partial charge in [-0.2, -0.15) is 13.2 Å². The predicted octanol–water partition coefficient (Wildman–Crippen LogP) is 4.70. The van der Waals surface area contributed by atoms with Crippen molar-refractivity contribution in [3.8, 4) is 11.1 Å². The van der Waals surface area contributed by atoms with Crippen molar-refractivity contribution in [2.24, 2.45) is 0 Å². The highest BCUT2D eigenvalue weighted by Crippen LogP contribution is 2.32. The first-order valence-corrected chi connectivity index (χ1v) is 10.8. The minimum absolute atomic E-state index is 0.0746. The van der Waals surface area contributed by atoms with Gasteiger partial charge in [0.05, 0.1) is 11.7 Å². The Balaban J connectivity index is 1.47. The lowest BCUT2D eigenvalue weighted by molar-refractivity contribution is -0.137. The van der Waals surface area contributed by atoms with E-state index >= 15 is 0 Å². The fraction of sp³-hybridized carbons (Fsp3) is 0.458. The van der Waals surface area contributed by atoms with E-state index in [1.807, 2.05) is 4.90 Å². The van der Waals surface area contributed by atoms with E-state index in [0.717, 1.165) is 57.6 Å². The van der Waals surface area contributed by atoms with Crippen LogP contribution in [0.25, 0.3) is 11.1 Å². The Morgan fingerprint density at radius 1 is 0.968 bits per heavy atom. The number of alkyl halides is 3. The van der Waals surface area contributed by atoms with E-state index in [9.17, 15) is 18.0 Å². The van der Waals surface area contributed by atoms with Gasteiger partial charge >= 0.3 is 6.18 Å². The highest BCUT2D eigenvalue weighted by Gasteiger charge is 2.30. The monoisotopic (exact) mass is 432 g/mol. The van der Waals surface area contributed by atoms with E-state index in [4.69, 9.17) is 4.74 Å². The molecule has 1 amide bonds. The van der Waals surface area contributed by atoms with Crippen LogP contribution in [0.2, 0.25) is 0 Å². The highest BCUT2D eigenvalue weighted by atomic mass is 19.4. The summed E-state index contributed by atoms with van der Waals surface area (Å²) >= 11 is 0. The van der Waals surface area contributed by atoms with E-state index < -0.39 is 11.7 Å². The van der Waals surface area contributed by atoms with Crippen LogP contribution in [-0.2, 0) is 10.9 Å². The molecule has 2 aromatic carbocycles. The number of carbonyl (C=O) groups is 1. The molecule has 0 aliphatic carbocycles. The molecule has 166 valence electrons. The minimum Gasteiger partial charge on any atom is -0.377 e. The lowest BCUT2D eigenvalue weighted by Crippen LogP contribution is -2.37. The van der Waals surface area contributed by atoms with Crippen molar-refractivity contribution in [1.82, 2.24) is 9.80 Å².